The van der Waals surface area contributed by atoms with Gasteiger partial charge in [-0.2, -0.15) is 0 Å². The van der Waals surface area contributed by atoms with Crippen LogP contribution in [0.5, 0.6) is 11.5 Å². The van der Waals surface area contributed by atoms with Gasteiger partial charge in [0, 0.05) is 22.8 Å². The first kappa shape index (κ1) is 15.0. The van der Waals surface area contributed by atoms with Crippen LogP contribution in [0.15, 0.2) is 34.9 Å². The maximum absolute atomic E-state index is 11.1. The van der Waals surface area contributed by atoms with Gasteiger partial charge in [-0.1, -0.05) is 0 Å². The molecule has 0 saturated heterocycles. The van der Waals surface area contributed by atoms with E-state index in [1.54, 1.807) is 25.3 Å². The highest BCUT2D eigenvalue weighted by Gasteiger charge is 2.17. The van der Waals surface area contributed by atoms with E-state index in [0.29, 0.717) is 21.7 Å². The zero-order chi connectivity index (χ0) is 15.4. The predicted molar refractivity (Wildman–Crippen MR) is 81.4 cm³/mol. The molecule has 0 fully saturated rings. The van der Waals surface area contributed by atoms with E-state index >= 15 is 0 Å². The number of methoxy groups -OCH3 is 2. The Balaban J connectivity index is 2.40. The fraction of sp³-hybridized carbons (Fsp3) is 0.154. The Bertz CT molecular complexity index is 678. The summed E-state index contributed by atoms with van der Waals surface area (Å²) >= 11 is 3.16. The van der Waals surface area contributed by atoms with Crippen molar-refractivity contribution in [2.24, 2.45) is 0 Å². The lowest BCUT2D eigenvalue weighted by Gasteiger charge is -2.12. The first-order chi connectivity index (χ1) is 10.0. The number of aromatic nitrogens is 1. The Morgan fingerprint density at radius 1 is 1.29 bits per heavy atom. The summed E-state index contributed by atoms with van der Waals surface area (Å²) in [6.07, 6.45) is 1.48. The number of halogens is 1. The van der Waals surface area contributed by atoms with E-state index in [4.69, 9.17) is 9.47 Å². The summed E-state index contributed by atoms with van der Waals surface area (Å²) < 4.78 is 10.9. The molecule has 0 radical (unpaired) electrons. The first-order valence-corrected chi connectivity index (χ1v) is 6.63. The first-order valence-electron chi connectivity index (χ1n) is 5.84. The lowest BCUT2D eigenvalue weighted by molar-refractivity contribution is -0.384. The number of rotatable bonds is 5. The van der Waals surface area contributed by atoms with E-state index in [0.717, 1.165) is 0 Å². The topological polar surface area (TPSA) is 86.5 Å². The molecule has 0 aliphatic heterocycles. The molecule has 0 saturated carbocycles. The smallest absolute Gasteiger partial charge is 0.312 e. The van der Waals surface area contributed by atoms with Crippen molar-refractivity contribution in [1.82, 2.24) is 4.98 Å². The Labute approximate surface area is 129 Å². The van der Waals surface area contributed by atoms with Gasteiger partial charge in [0.1, 0.15) is 11.5 Å². The van der Waals surface area contributed by atoms with Crippen LogP contribution in [0.1, 0.15) is 0 Å². The number of anilines is 2. The van der Waals surface area contributed by atoms with Gasteiger partial charge < -0.3 is 14.8 Å². The molecule has 1 aromatic heterocycles. The second-order valence-electron chi connectivity index (χ2n) is 3.97. The van der Waals surface area contributed by atoms with Crippen LogP contribution in [0.25, 0.3) is 0 Å². The number of hydrogen-bond donors (Lipinski definition) is 1. The third-order valence-corrected chi connectivity index (χ3v) is 3.13. The molecule has 0 aliphatic carbocycles. The Morgan fingerprint density at radius 3 is 2.67 bits per heavy atom. The summed E-state index contributed by atoms with van der Waals surface area (Å²) in [6, 6.07) is 6.47. The molecule has 110 valence electrons. The molecule has 1 N–H and O–H groups in total. The van der Waals surface area contributed by atoms with Gasteiger partial charge in [0.15, 0.2) is 0 Å². The molecule has 1 heterocycles. The van der Waals surface area contributed by atoms with Gasteiger partial charge in [0.05, 0.1) is 24.8 Å². The van der Waals surface area contributed by atoms with Gasteiger partial charge >= 0.3 is 5.69 Å². The lowest BCUT2D eigenvalue weighted by Crippen LogP contribution is -2.01. The summed E-state index contributed by atoms with van der Waals surface area (Å²) in [5.74, 6) is 1.25. The molecule has 7 nitrogen and oxygen atoms in total. The van der Waals surface area contributed by atoms with Gasteiger partial charge in [-0.3, -0.25) is 10.1 Å². The number of nitrogens with zero attached hydrogens (tertiary/aromatic N) is 2. The molecule has 1 aromatic carbocycles. The SMILES string of the molecule is COc1ccc(Nc2ncc(Br)cc2[N+](=O)[O-])c(OC)c1. The molecule has 21 heavy (non-hydrogen) atoms. The van der Waals surface area contributed by atoms with Crippen LogP contribution in [0.3, 0.4) is 0 Å². The summed E-state index contributed by atoms with van der Waals surface area (Å²) in [4.78, 5) is 14.6. The van der Waals surface area contributed by atoms with Gasteiger partial charge in [0.2, 0.25) is 5.82 Å². The highest BCUT2D eigenvalue weighted by atomic mass is 79.9. The van der Waals surface area contributed by atoms with Crippen LogP contribution in [0.2, 0.25) is 0 Å². The maximum Gasteiger partial charge on any atom is 0.312 e. The second kappa shape index (κ2) is 6.40. The highest BCUT2D eigenvalue weighted by molar-refractivity contribution is 9.10. The van der Waals surface area contributed by atoms with Crippen LogP contribution >= 0.6 is 15.9 Å². The highest BCUT2D eigenvalue weighted by Crippen LogP contribution is 2.34. The third kappa shape index (κ3) is 3.40. The largest absolute Gasteiger partial charge is 0.497 e. The van der Waals surface area contributed by atoms with E-state index < -0.39 is 4.92 Å². The minimum Gasteiger partial charge on any atom is -0.497 e. The molecule has 2 rings (SSSR count). The number of benzene rings is 1. The third-order valence-electron chi connectivity index (χ3n) is 2.69. The summed E-state index contributed by atoms with van der Waals surface area (Å²) in [7, 11) is 3.05. The van der Waals surface area contributed by atoms with Gasteiger partial charge in [0.25, 0.3) is 0 Å². The van der Waals surface area contributed by atoms with E-state index in [1.165, 1.54) is 19.4 Å². The van der Waals surface area contributed by atoms with Crippen molar-refractivity contribution < 1.29 is 14.4 Å². The van der Waals surface area contributed by atoms with Crippen molar-refractivity contribution in [3.63, 3.8) is 0 Å². The van der Waals surface area contributed by atoms with Crippen molar-refractivity contribution >= 4 is 33.1 Å². The monoisotopic (exact) mass is 353 g/mol. The summed E-state index contributed by atoms with van der Waals surface area (Å²) in [6.45, 7) is 0. The fourth-order valence-electron chi connectivity index (χ4n) is 1.69. The minimum absolute atomic E-state index is 0.131. The zero-order valence-corrected chi connectivity index (χ0v) is 12.9. The van der Waals surface area contributed by atoms with Crippen LogP contribution in [-0.2, 0) is 0 Å². The normalized spacial score (nSPS) is 10.0. The molecule has 0 bridgehead atoms. The average Bonchev–Trinajstić information content (AvgIpc) is 2.49. The molecule has 0 amide bonds. The Hall–Kier alpha value is -2.35. The van der Waals surface area contributed by atoms with Crippen molar-refractivity contribution in [1.29, 1.82) is 0 Å². The van der Waals surface area contributed by atoms with Gasteiger partial charge in [-0.05, 0) is 28.1 Å². The fourth-order valence-corrected chi connectivity index (χ4v) is 2.01. The number of nitrogens with one attached hydrogen (secondary N) is 1. The molecule has 8 heteroatoms. The molecule has 0 spiro atoms. The number of nitro groups is 1. The van der Waals surface area contributed by atoms with Crippen molar-refractivity contribution in [3.8, 4) is 11.5 Å². The van der Waals surface area contributed by atoms with Gasteiger partial charge in [-0.25, -0.2) is 4.98 Å². The number of pyridine rings is 1. The minimum atomic E-state index is -0.504. The quantitative estimate of drug-likeness (QED) is 0.653. The molecule has 0 unspecified atom stereocenters. The van der Waals surface area contributed by atoms with Crippen LogP contribution in [0, 0.1) is 10.1 Å². The standard InChI is InChI=1S/C13H12BrN3O4/c1-20-9-3-4-10(12(6-9)21-2)16-13-11(17(18)19)5-8(14)7-15-13/h3-7H,1-2H3,(H,15,16). The van der Waals surface area contributed by atoms with E-state index in [-0.39, 0.29) is 11.5 Å². The van der Waals surface area contributed by atoms with Crippen molar-refractivity contribution in [2.75, 3.05) is 19.5 Å². The zero-order valence-electron chi connectivity index (χ0n) is 11.3. The second-order valence-corrected chi connectivity index (χ2v) is 4.89. The number of hydrogen-bond acceptors (Lipinski definition) is 6. The molecule has 0 atom stereocenters. The molecular weight excluding hydrogens is 342 g/mol. The lowest BCUT2D eigenvalue weighted by atomic mass is 10.2. The average molecular weight is 354 g/mol. The Morgan fingerprint density at radius 2 is 2.05 bits per heavy atom. The van der Waals surface area contributed by atoms with Crippen LogP contribution in [0.4, 0.5) is 17.2 Å². The van der Waals surface area contributed by atoms with Crippen molar-refractivity contribution in [2.45, 2.75) is 0 Å². The van der Waals surface area contributed by atoms with E-state index in [9.17, 15) is 10.1 Å². The van der Waals surface area contributed by atoms with Gasteiger partial charge in [-0.15, -0.1) is 0 Å². The molecule has 0 aliphatic rings. The summed E-state index contributed by atoms with van der Waals surface area (Å²) in [5.41, 5.74) is 0.415. The van der Waals surface area contributed by atoms with Crippen molar-refractivity contribution in [3.05, 3.63) is 45.0 Å². The van der Waals surface area contributed by atoms with E-state index in [2.05, 4.69) is 26.2 Å². The van der Waals surface area contributed by atoms with E-state index in [1.807, 2.05) is 0 Å². The van der Waals surface area contributed by atoms with Crippen LogP contribution in [-0.4, -0.2) is 24.1 Å². The van der Waals surface area contributed by atoms with Crippen LogP contribution < -0.4 is 14.8 Å². The molecule has 2 aromatic rings. The summed E-state index contributed by atoms with van der Waals surface area (Å²) in [5, 5.41) is 14.0. The Kier molecular flexibility index (Phi) is 4.59. The number of ether oxygens (including phenoxy) is 2. The maximum atomic E-state index is 11.1. The molecular formula is C13H12BrN3O4. The predicted octanol–water partition coefficient (Wildman–Crippen LogP) is 3.51.